The standard InChI is InChI=1S/C10H13NO2/c1-8-2-4-9(5-3-8)6-7-10(12)11-13/h2-5,13H,6-7H2,1H3,(H,11,12). The van der Waals surface area contributed by atoms with Crippen LogP contribution in [0.5, 0.6) is 0 Å². The molecule has 0 unspecified atom stereocenters. The zero-order chi connectivity index (χ0) is 9.68. The SMILES string of the molecule is Cc1ccc(CCC(=O)NO)cc1. The molecule has 2 N–H and O–H groups in total. The van der Waals surface area contributed by atoms with Crippen LogP contribution in [0.4, 0.5) is 0 Å². The minimum Gasteiger partial charge on any atom is -0.289 e. The molecule has 1 aromatic carbocycles. The topological polar surface area (TPSA) is 49.3 Å². The van der Waals surface area contributed by atoms with Gasteiger partial charge in [-0.3, -0.25) is 10.0 Å². The number of nitrogens with one attached hydrogen (secondary N) is 1. The van der Waals surface area contributed by atoms with E-state index in [9.17, 15) is 4.79 Å². The molecule has 0 aliphatic rings. The molecule has 0 saturated heterocycles. The summed E-state index contributed by atoms with van der Waals surface area (Å²) >= 11 is 0. The van der Waals surface area contributed by atoms with Crippen LogP contribution in [-0.2, 0) is 11.2 Å². The molecule has 3 nitrogen and oxygen atoms in total. The van der Waals surface area contributed by atoms with E-state index < -0.39 is 0 Å². The Hall–Kier alpha value is -1.35. The fourth-order valence-corrected chi connectivity index (χ4v) is 1.07. The van der Waals surface area contributed by atoms with E-state index in [0.29, 0.717) is 12.8 Å². The number of amides is 1. The highest BCUT2D eigenvalue weighted by atomic mass is 16.5. The normalized spacial score (nSPS) is 9.69. The van der Waals surface area contributed by atoms with Crippen LogP contribution >= 0.6 is 0 Å². The van der Waals surface area contributed by atoms with Gasteiger partial charge < -0.3 is 0 Å². The van der Waals surface area contributed by atoms with E-state index in [1.807, 2.05) is 31.2 Å². The van der Waals surface area contributed by atoms with Crippen molar-refractivity contribution in [2.75, 3.05) is 0 Å². The summed E-state index contributed by atoms with van der Waals surface area (Å²) < 4.78 is 0. The van der Waals surface area contributed by atoms with Crippen molar-refractivity contribution >= 4 is 5.91 Å². The van der Waals surface area contributed by atoms with E-state index in [0.717, 1.165) is 5.56 Å². The molecule has 0 bridgehead atoms. The van der Waals surface area contributed by atoms with Gasteiger partial charge in [0.25, 0.3) is 0 Å². The lowest BCUT2D eigenvalue weighted by Gasteiger charge is -2.00. The van der Waals surface area contributed by atoms with Crippen LogP contribution < -0.4 is 5.48 Å². The third kappa shape index (κ3) is 3.25. The number of hydroxylamine groups is 1. The van der Waals surface area contributed by atoms with Crippen molar-refractivity contribution < 1.29 is 10.0 Å². The maximum atomic E-state index is 10.7. The lowest BCUT2D eigenvalue weighted by molar-refractivity contribution is -0.129. The Bertz CT molecular complexity index is 279. The monoisotopic (exact) mass is 179 g/mol. The Balaban J connectivity index is 2.46. The number of rotatable bonds is 3. The summed E-state index contributed by atoms with van der Waals surface area (Å²) in [5.74, 6) is -0.347. The summed E-state index contributed by atoms with van der Waals surface area (Å²) in [5.41, 5.74) is 3.92. The Morgan fingerprint density at radius 2 is 2.00 bits per heavy atom. The molecule has 0 aromatic heterocycles. The van der Waals surface area contributed by atoms with E-state index in [2.05, 4.69) is 0 Å². The summed E-state index contributed by atoms with van der Waals surface area (Å²) in [5, 5.41) is 8.26. The highest BCUT2D eigenvalue weighted by Crippen LogP contribution is 2.05. The molecule has 0 heterocycles. The maximum Gasteiger partial charge on any atom is 0.243 e. The van der Waals surface area contributed by atoms with E-state index in [4.69, 9.17) is 5.21 Å². The number of aryl methyl sites for hydroxylation is 2. The predicted molar refractivity (Wildman–Crippen MR) is 49.4 cm³/mol. The van der Waals surface area contributed by atoms with Gasteiger partial charge >= 0.3 is 0 Å². The molecule has 1 aromatic rings. The van der Waals surface area contributed by atoms with Crippen molar-refractivity contribution in [2.24, 2.45) is 0 Å². The first-order chi connectivity index (χ1) is 6.22. The molecule has 1 rings (SSSR count). The van der Waals surface area contributed by atoms with Gasteiger partial charge in [0.05, 0.1) is 0 Å². The first kappa shape index (κ1) is 9.74. The van der Waals surface area contributed by atoms with Crippen LogP contribution in [0.25, 0.3) is 0 Å². The number of carbonyl (C=O) groups excluding carboxylic acids is 1. The van der Waals surface area contributed by atoms with E-state index in [-0.39, 0.29) is 5.91 Å². The molecule has 0 fully saturated rings. The zero-order valence-electron chi connectivity index (χ0n) is 7.58. The minimum absolute atomic E-state index is 0.319. The van der Waals surface area contributed by atoms with Gasteiger partial charge in [0.2, 0.25) is 5.91 Å². The quantitative estimate of drug-likeness (QED) is 0.544. The van der Waals surface area contributed by atoms with E-state index in [1.54, 1.807) is 5.48 Å². The Kier molecular flexibility index (Phi) is 3.46. The van der Waals surface area contributed by atoms with Crippen LogP contribution in [0.2, 0.25) is 0 Å². The lowest BCUT2D eigenvalue weighted by Crippen LogP contribution is -2.18. The van der Waals surface area contributed by atoms with Crippen LogP contribution in [0.3, 0.4) is 0 Å². The van der Waals surface area contributed by atoms with Crippen LogP contribution in [0, 0.1) is 6.92 Å². The molecule has 0 saturated carbocycles. The molecule has 0 aliphatic heterocycles. The Morgan fingerprint density at radius 1 is 1.38 bits per heavy atom. The van der Waals surface area contributed by atoms with E-state index in [1.165, 1.54) is 5.56 Å². The van der Waals surface area contributed by atoms with Crippen molar-refractivity contribution in [3.8, 4) is 0 Å². The van der Waals surface area contributed by atoms with Crippen molar-refractivity contribution in [3.63, 3.8) is 0 Å². The highest BCUT2D eigenvalue weighted by molar-refractivity contribution is 5.74. The largest absolute Gasteiger partial charge is 0.289 e. The Labute approximate surface area is 77.4 Å². The molecule has 1 amide bonds. The molecule has 3 heteroatoms. The molecule has 0 aliphatic carbocycles. The van der Waals surface area contributed by atoms with Gasteiger partial charge in [-0.1, -0.05) is 29.8 Å². The average Bonchev–Trinajstić information content (AvgIpc) is 2.16. The Morgan fingerprint density at radius 3 is 2.54 bits per heavy atom. The average molecular weight is 179 g/mol. The van der Waals surface area contributed by atoms with E-state index >= 15 is 0 Å². The third-order valence-corrected chi connectivity index (χ3v) is 1.89. The van der Waals surface area contributed by atoms with Gasteiger partial charge in [0, 0.05) is 6.42 Å². The zero-order valence-corrected chi connectivity index (χ0v) is 7.58. The predicted octanol–water partition coefficient (Wildman–Crippen LogP) is 1.43. The number of carbonyl (C=O) groups is 1. The smallest absolute Gasteiger partial charge is 0.243 e. The van der Waals surface area contributed by atoms with Crippen LogP contribution in [0.15, 0.2) is 24.3 Å². The second-order valence-corrected chi connectivity index (χ2v) is 3.02. The van der Waals surface area contributed by atoms with Gasteiger partial charge in [0.15, 0.2) is 0 Å². The second kappa shape index (κ2) is 4.62. The van der Waals surface area contributed by atoms with Crippen molar-refractivity contribution in [3.05, 3.63) is 35.4 Å². The molecule has 0 spiro atoms. The summed E-state index contributed by atoms with van der Waals surface area (Å²) in [7, 11) is 0. The molecule has 13 heavy (non-hydrogen) atoms. The molecule has 0 atom stereocenters. The first-order valence-electron chi connectivity index (χ1n) is 4.21. The fourth-order valence-electron chi connectivity index (χ4n) is 1.07. The molecular weight excluding hydrogens is 166 g/mol. The number of hydrogen-bond donors (Lipinski definition) is 2. The van der Waals surface area contributed by atoms with Gasteiger partial charge in [0.1, 0.15) is 0 Å². The fraction of sp³-hybridized carbons (Fsp3) is 0.300. The van der Waals surface area contributed by atoms with Crippen molar-refractivity contribution in [1.29, 1.82) is 0 Å². The van der Waals surface area contributed by atoms with Crippen LogP contribution in [0.1, 0.15) is 17.5 Å². The minimum atomic E-state index is -0.347. The summed E-state index contributed by atoms with van der Waals surface area (Å²) in [6, 6.07) is 7.98. The van der Waals surface area contributed by atoms with Crippen molar-refractivity contribution in [1.82, 2.24) is 5.48 Å². The summed E-state index contributed by atoms with van der Waals surface area (Å²) in [4.78, 5) is 10.7. The summed E-state index contributed by atoms with van der Waals surface area (Å²) in [6.07, 6.45) is 0.978. The number of benzene rings is 1. The van der Waals surface area contributed by atoms with Crippen molar-refractivity contribution in [2.45, 2.75) is 19.8 Å². The second-order valence-electron chi connectivity index (χ2n) is 3.02. The summed E-state index contributed by atoms with van der Waals surface area (Å²) in [6.45, 7) is 2.02. The maximum absolute atomic E-state index is 10.7. The number of hydrogen-bond acceptors (Lipinski definition) is 2. The van der Waals surface area contributed by atoms with Gasteiger partial charge in [-0.2, -0.15) is 0 Å². The molecular formula is C10H13NO2. The highest BCUT2D eigenvalue weighted by Gasteiger charge is 1.99. The molecule has 0 radical (unpaired) electrons. The van der Waals surface area contributed by atoms with Gasteiger partial charge in [-0.05, 0) is 18.9 Å². The third-order valence-electron chi connectivity index (χ3n) is 1.89. The molecule has 70 valence electrons. The first-order valence-corrected chi connectivity index (χ1v) is 4.21. The van der Waals surface area contributed by atoms with Gasteiger partial charge in [-0.25, -0.2) is 5.48 Å². The van der Waals surface area contributed by atoms with Gasteiger partial charge in [-0.15, -0.1) is 0 Å². The lowest BCUT2D eigenvalue weighted by atomic mass is 10.1. The van der Waals surface area contributed by atoms with Crippen LogP contribution in [-0.4, -0.2) is 11.1 Å².